The van der Waals surface area contributed by atoms with Gasteiger partial charge in [0.25, 0.3) is 0 Å². The molecule has 0 aliphatic carbocycles. The van der Waals surface area contributed by atoms with Gasteiger partial charge in [-0.25, -0.2) is 4.98 Å². The maximum absolute atomic E-state index is 5.48. The zero-order valence-corrected chi connectivity index (χ0v) is 11.8. The monoisotopic (exact) mass is 285 g/mol. The highest BCUT2D eigenvalue weighted by Crippen LogP contribution is 2.25. The molecule has 0 saturated carbocycles. The highest BCUT2D eigenvalue weighted by Gasteiger charge is 2.21. The third kappa shape index (κ3) is 2.09. The SMILES string of the molecule is c1coc(-c2cnc3n2CCN(Cc2cccs2)C3)c1. The van der Waals surface area contributed by atoms with Crippen molar-refractivity contribution in [3.8, 4) is 11.5 Å². The second-order valence-electron chi connectivity index (χ2n) is 4.98. The average molecular weight is 285 g/mol. The van der Waals surface area contributed by atoms with Crippen molar-refractivity contribution in [2.24, 2.45) is 0 Å². The van der Waals surface area contributed by atoms with Gasteiger partial charge < -0.3 is 8.98 Å². The molecule has 0 spiro atoms. The van der Waals surface area contributed by atoms with E-state index < -0.39 is 0 Å². The van der Waals surface area contributed by atoms with Crippen LogP contribution in [0.2, 0.25) is 0 Å². The van der Waals surface area contributed by atoms with Crippen molar-refractivity contribution in [2.45, 2.75) is 19.6 Å². The molecule has 3 aromatic heterocycles. The van der Waals surface area contributed by atoms with E-state index in [-0.39, 0.29) is 0 Å². The summed E-state index contributed by atoms with van der Waals surface area (Å²) in [6, 6.07) is 8.21. The van der Waals surface area contributed by atoms with Gasteiger partial charge in [0.1, 0.15) is 11.5 Å². The number of imidazole rings is 1. The van der Waals surface area contributed by atoms with Crippen LogP contribution in [0.25, 0.3) is 11.5 Å². The molecular weight excluding hydrogens is 270 g/mol. The lowest BCUT2D eigenvalue weighted by Crippen LogP contribution is -2.33. The Balaban J connectivity index is 1.56. The van der Waals surface area contributed by atoms with Crippen molar-refractivity contribution in [3.63, 3.8) is 0 Å². The van der Waals surface area contributed by atoms with Crippen LogP contribution in [0.15, 0.2) is 46.5 Å². The fourth-order valence-electron chi connectivity index (χ4n) is 2.69. The maximum Gasteiger partial charge on any atom is 0.151 e. The summed E-state index contributed by atoms with van der Waals surface area (Å²) in [4.78, 5) is 8.41. The maximum atomic E-state index is 5.48. The van der Waals surface area contributed by atoms with Crippen LogP contribution in [0.3, 0.4) is 0 Å². The number of nitrogens with zero attached hydrogens (tertiary/aromatic N) is 3. The molecule has 0 aromatic carbocycles. The van der Waals surface area contributed by atoms with Gasteiger partial charge in [0.15, 0.2) is 5.76 Å². The third-order valence-corrected chi connectivity index (χ3v) is 4.54. The first-order chi connectivity index (χ1) is 9.90. The zero-order valence-electron chi connectivity index (χ0n) is 11.0. The molecule has 0 radical (unpaired) electrons. The van der Waals surface area contributed by atoms with Crippen LogP contribution in [-0.2, 0) is 19.6 Å². The topological polar surface area (TPSA) is 34.2 Å². The molecule has 5 heteroatoms. The fraction of sp³-hybridized carbons (Fsp3) is 0.267. The van der Waals surface area contributed by atoms with Crippen LogP contribution in [0.1, 0.15) is 10.7 Å². The van der Waals surface area contributed by atoms with Gasteiger partial charge in [0.2, 0.25) is 0 Å². The van der Waals surface area contributed by atoms with E-state index in [9.17, 15) is 0 Å². The van der Waals surface area contributed by atoms with Gasteiger partial charge >= 0.3 is 0 Å². The Labute approximate surface area is 121 Å². The molecule has 3 aromatic rings. The largest absolute Gasteiger partial charge is 0.463 e. The van der Waals surface area contributed by atoms with E-state index in [0.29, 0.717) is 0 Å². The molecule has 4 rings (SSSR count). The molecule has 0 fully saturated rings. The minimum atomic E-state index is 0.899. The van der Waals surface area contributed by atoms with Crippen molar-refractivity contribution >= 4 is 11.3 Å². The van der Waals surface area contributed by atoms with E-state index in [1.807, 2.05) is 29.7 Å². The van der Waals surface area contributed by atoms with Crippen molar-refractivity contribution in [3.05, 3.63) is 52.8 Å². The Morgan fingerprint density at radius 3 is 3.05 bits per heavy atom. The number of furan rings is 1. The molecular formula is C15H15N3OS. The number of fused-ring (bicyclic) bond motifs is 1. The van der Waals surface area contributed by atoms with Crippen molar-refractivity contribution < 1.29 is 4.42 Å². The zero-order chi connectivity index (χ0) is 13.4. The van der Waals surface area contributed by atoms with E-state index in [2.05, 4.69) is 32.0 Å². The van der Waals surface area contributed by atoms with Crippen LogP contribution in [-0.4, -0.2) is 21.0 Å². The second kappa shape index (κ2) is 4.92. The fourth-order valence-corrected chi connectivity index (χ4v) is 3.44. The van der Waals surface area contributed by atoms with Gasteiger partial charge in [0, 0.05) is 24.5 Å². The molecule has 0 unspecified atom stereocenters. The number of thiophene rings is 1. The lowest BCUT2D eigenvalue weighted by atomic mass is 10.3. The van der Waals surface area contributed by atoms with Gasteiger partial charge in [-0.05, 0) is 23.6 Å². The van der Waals surface area contributed by atoms with Crippen LogP contribution in [0.5, 0.6) is 0 Å². The summed E-state index contributed by atoms with van der Waals surface area (Å²) in [5.41, 5.74) is 1.08. The van der Waals surface area contributed by atoms with Crippen molar-refractivity contribution in [2.75, 3.05) is 6.54 Å². The number of aromatic nitrogens is 2. The highest BCUT2D eigenvalue weighted by atomic mass is 32.1. The van der Waals surface area contributed by atoms with Crippen LogP contribution < -0.4 is 0 Å². The van der Waals surface area contributed by atoms with Crippen LogP contribution in [0, 0.1) is 0 Å². The molecule has 1 aliphatic rings. The lowest BCUT2D eigenvalue weighted by Gasteiger charge is -2.27. The molecule has 102 valence electrons. The van der Waals surface area contributed by atoms with E-state index in [4.69, 9.17) is 4.42 Å². The summed E-state index contributed by atoms with van der Waals surface area (Å²) in [6.45, 7) is 3.94. The predicted octanol–water partition coefficient (Wildman–Crippen LogP) is 3.22. The van der Waals surface area contributed by atoms with E-state index >= 15 is 0 Å². The highest BCUT2D eigenvalue weighted by molar-refractivity contribution is 7.09. The second-order valence-corrected chi connectivity index (χ2v) is 6.01. The lowest BCUT2D eigenvalue weighted by molar-refractivity contribution is 0.211. The summed E-state index contributed by atoms with van der Waals surface area (Å²) in [5, 5.41) is 2.13. The molecule has 0 N–H and O–H groups in total. The molecule has 0 atom stereocenters. The normalized spacial score (nSPS) is 15.4. The molecule has 0 bridgehead atoms. The summed E-state index contributed by atoms with van der Waals surface area (Å²) < 4.78 is 7.75. The number of hydrogen-bond donors (Lipinski definition) is 0. The quantitative estimate of drug-likeness (QED) is 0.741. The Bertz CT molecular complexity index is 685. The summed E-state index contributed by atoms with van der Waals surface area (Å²) in [6.07, 6.45) is 3.63. The van der Waals surface area contributed by atoms with E-state index in [1.165, 1.54) is 4.88 Å². The predicted molar refractivity (Wildman–Crippen MR) is 78.4 cm³/mol. The van der Waals surface area contributed by atoms with Gasteiger partial charge in [-0.15, -0.1) is 11.3 Å². The molecule has 4 heterocycles. The number of hydrogen-bond acceptors (Lipinski definition) is 4. The first-order valence-corrected chi connectivity index (χ1v) is 7.61. The van der Waals surface area contributed by atoms with E-state index in [1.54, 1.807) is 6.26 Å². The number of rotatable bonds is 3. The Hall–Kier alpha value is -1.85. The summed E-state index contributed by atoms with van der Waals surface area (Å²) in [5.74, 6) is 2.02. The smallest absolute Gasteiger partial charge is 0.151 e. The minimum Gasteiger partial charge on any atom is -0.463 e. The van der Waals surface area contributed by atoms with Crippen LogP contribution >= 0.6 is 11.3 Å². The Kier molecular flexibility index (Phi) is 2.94. The van der Waals surface area contributed by atoms with E-state index in [0.717, 1.165) is 43.5 Å². The van der Waals surface area contributed by atoms with Gasteiger partial charge in [-0.3, -0.25) is 4.90 Å². The molecule has 0 saturated heterocycles. The first-order valence-electron chi connectivity index (χ1n) is 6.73. The Morgan fingerprint density at radius 1 is 1.25 bits per heavy atom. The molecule has 1 aliphatic heterocycles. The Morgan fingerprint density at radius 2 is 2.25 bits per heavy atom. The molecule has 4 nitrogen and oxygen atoms in total. The molecule has 0 amide bonds. The van der Waals surface area contributed by atoms with Crippen molar-refractivity contribution in [1.82, 2.24) is 14.5 Å². The standard InChI is InChI=1S/C15H15N3OS/c1-4-14(19-7-1)13-9-16-15-11-17(5-6-18(13)15)10-12-3-2-8-20-12/h1-4,7-9H,5-6,10-11H2. The van der Waals surface area contributed by atoms with Gasteiger partial charge in [-0.1, -0.05) is 6.07 Å². The average Bonchev–Trinajstić information content (AvgIpc) is 3.19. The minimum absolute atomic E-state index is 0.899. The van der Waals surface area contributed by atoms with Crippen LogP contribution in [0.4, 0.5) is 0 Å². The van der Waals surface area contributed by atoms with Crippen molar-refractivity contribution in [1.29, 1.82) is 0 Å². The first kappa shape index (κ1) is 11.9. The summed E-state index contributed by atoms with van der Waals surface area (Å²) >= 11 is 1.82. The third-order valence-electron chi connectivity index (χ3n) is 3.68. The summed E-state index contributed by atoms with van der Waals surface area (Å²) in [7, 11) is 0. The van der Waals surface area contributed by atoms with Gasteiger partial charge in [0.05, 0.1) is 19.0 Å². The van der Waals surface area contributed by atoms with Gasteiger partial charge in [-0.2, -0.15) is 0 Å². The molecule has 20 heavy (non-hydrogen) atoms.